The van der Waals surface area contributed by atoms with Crippen LogP contribution in [0.4, 0.5) is 5.82 Å². The number of benzene rings is 2. The number of anilines is 1. The van der Waals surface area contributed by atoms with E-state index in [1.165, 1.54) is 21.9 Å². The fourth-order valence-corrected chi connectivity index (χ4v) is 4.16. The Hall–Kier alpha value is -2.98. The van der Waals surface area contributed by atoms with Gasteiger partial charge in [0.1, 0.15) is 5.82 Å². The lowest BCUT2D eigenvalue weighted by Crippen LogP contribution is -2.46. The monoisotopic (exact) mass is 368 g/mol. The minimum Gasteiger partial charge on any atom is -0.354 e. The maximum absolute atomic E-state index is 4.91. The maximum atomic E-state index is 4.91. The van der Waals surface area contributed by atoms with Crippen molar-refractivity contribution < 1.29 is 0 Å². The van der Waals surface area contributed by atoms with E-state index in [0.717, 1.165) is 49.6 Å². The Labute approximate surface area is 165 Å². The van der Waals surface area contributed by atoms with Gasteiger partial charge in [0.2, 0.25) is 0 Å². The molecule has 2 aromatic heterocycles. The summed E-state index contributed by atoms with van der Waals surface area (Å²) in [6.07, 6.45) is 1.89. The number of para-hydroxylation sites is 2. The molecule has 1 aliphatic rings. The zero-order chi connectivity index (χ0) is 18.9. The summed E-state index contributed by atoms with van der Waals surface area (Å²) in [5.74, 6) is 1.10. The first-order valence-corrected chi connectivity index (χ1v) is 9.94. The molecule has 140 valence electrons. The molecule has 0 atom stereocenters. The van der Waals surface area contributed by atoms with Crippen LogP contribution in [0.1, 0.15) is 11.1 Å². The Balaban J connectivity index is 1.31. The fraction of sp³-hybridized carbons (Fsp3) is 0.250. The molecule has 1 fully saturated rings. The van der Waals surface area contributed by atoms with Crippen molar-refractivity contribution in [3.8, 4) is 0 Å². The van der Waals surface area contributed by atoms with Gasteiger partial charge in [-0.1, -0.05) is 42.5 Å². The van der Waals surface area contributed by atoms with Crippen molar-refractivity contribution >= 4 is 27.6 Å². The van der Waals surface area contributed by atoms with Gasteiger partial charge in [-0.3, -0.25) is 9.88 Å². The molecule has 0 saturated carbocycles. The van der Waals surface area contributed by atoms with Crippen LogP contribution >= 0.6 is 0 Å². The molecule has 1 saturated heterocycles. The largest absolute Gasteiger partial charge is 0.354 e. The smallest absolute Gasteiger partial charge is 0.129 e. The first-order valence-electron chi connectivity index (χ1n) is 9.94. The predicted octanol–water partition coefficient (Wildman–Crippen LogP) is 4.41. The minimum atomic E-state index is 0.951. The molecule has 5 rings (SSSR count). The summed E-state index contributed by atoms with van der Waals surface area (Å²) in [5, 5.41) is 2.46. The summed E-state index contributed by atoms with van der Waals surface area (Å²) < 4.78 is 0. The van der Waals surface area contributed by atoms with Gasteiger partial charge in [0.25, 0.3) is 0 Å². The second-order valence-corrected chi connectivity index (χ2v) is 7.57. The third-order valence-corrected chi connectivity index (χ3v) is 5.72. The average molecular weight is 368 g/mol. The third-order valence-electron chi connectivity index (χ3n) is 5.72. The zero-order valence-corrected chi connectivity index (χ0v) is 16.2. The number of nitrogens with zero attached hydrogens (tertiary/aromatic N) is 4. The highest BCUT2D eigenvalue weighted by Gasteiger charge is 2.19. The van der Waals surface area contributed by atoms with Gasteiger partial charge in [0.05, 0.1) is 11.0 Å². The molecular weight excluding hydrogens is 344 g/mol. The maximum Gasteiger partial charge on any atom is 0.129 e. The molecule has 0 amide bonds. The second kappa shape index (κ2) is 7.21. The van der Waals surface area contributed by atoms with Gasteiger partial charge >= 0.3 is 0 Å². The van der Waals surface area contributed by atoms with Crippen LogP contribution in [-0.2, 0) is 6.54 Å². The molecular formula is C24H24N4. The van der Waals surface area contributed by atoms with E-state index in [2.05, 4.69) is 76.3 Å². The van der Waals surface area contributed by atoms with Crippen LogP contribution in [0, 0.1) is 6.92 Å². The van der Waals surface area contributed by atoms with Crippen molar-refractivity contribution in [1.82, 2.24) is 14.9 Å². The number of piperazine rings is 1. The highest BCUT2D eigenvalue weighted by molar-refractivity contribution is 5.84. The lowest BCUT2D eigenvalue weighted by atomic mass is 10.1. The van der Waals surface area contributed by atoms with Crippen LogP contribution in [-0.4, -0.2) is 41.0 Å². The summed E-state index contributed by atoms with van der Waals surface area (Å²) in [5.41, 5.74) is 4.82. The standard InChI is InChI=1S/C24H24N4/c1-18-16-23(26-22-10-3-2-9-21(18)22)28-14-12-27(13-15-28)17-20-7-4-6-19-8-5-11-25-24(19)20/h2-11,16H,12-15,17H2,1H3. The van der Waals surface area contributed by atoms with Gasteiger partial charge < -0.3 is 4.90 Å². The van der Waals surface area contributed by atoms with Crippen LogP contribution in [0.2, 0.25) is 0 Å². The molecule has 4 nitrogen and oxygen atoms in total. The lowest BCUT2D eigenvalue weighted by molar-refractivity contribution is 0.250. The van der Waals surface area contributed by atoms with Crippen molar-refractivity contribution in [2.75, 3.05) is 31.1 Å². The molecule has 28 heavy (non-hydrogen) atoms. The summed E-state index contributed by atoms with van der Waals surface area (Å²) >= 11 is 0. The molecule has 0 spiro atoms. The summed E-state index contributed by atoms with van der Waals surface area (Å²) in [6.45, 7) is 7.21. The highest BCUT2D eigenvalue weighted by Crippen LogP contribution is 2.24. The molecule has 0 N–H and O–H groups in total. The summed E-state index contributed by atoms with van der Waals surface area (Å²) in [4.78, 5) is 14.4. The number of fused-ring (bicyclic) bond motifs is 2. The van der Waals surface area contributed by atoms with E-state index in [4.69, 9.17) is 4.98 Å². The van der Waals surface area contributed by atoms with E-state index < -0.39 is 0 Å². The Morgan fingerprint density at radius 1 is 0.893 bits per heavy atom. The van der Waals surface area contributed by atoms with Gasteiger partial charge in [0, 0.05) is 49.7 Å². The number of hydrogen-bond donors (Lipinski definition) is 0. The van der Waals surface area contributed by atoms with Crippen molar-refractivity contribution in [3.63, 3.8) is 0 Å². The molecule has 3 heterocycles. The molecule has 4 aromatic rings. The van der Waals surface area contributed by atoms with E-state index in [1.807, 2.05) is 12.3 Å². The fourth-order valence-electron chi connectivity index (χ4n) is 4.16. The number of aryl methyl sites for hydroxylation is 1. The normalized spacial score (nSPS) is 15.4. The molecule has 0 aliphatic carbocycles. The first kappa shape index (κ1) is 17.1. The highest BCUT2D eigenvalue weighted by atomic mass is 15.3. The molecule has 0 unspecified atom stereocenters. The quantitative estimate of drug-likeness (QED) is 0.536. The second-order valence-electron chi connectivity index (χ2n) is 7.57. The van der Waals surface area contributed by atoms with Crippen LogP contribution < -0.4 is 4.90 Å². The Morgan fingerprint density at radius 2 is 1.71 bits per heavy atom. The minimum absolute atomic E-state index is 0.951. The van der Waals surface area contributed by atoms with Gasteiger partial charge in [-0.05, 0) is 36.2 Å². The molecule has 0 bridgehead atoms. The van der Waals surface area contributed by atoms with E-state index in [1.54, 1.807) is 0 Å². The van der Waals surface area contributed by atoms with Crippen LogP contribution in [0.3, 0.4) is 0 Å². The van der Waals surface area contributed by atoms with E-state index in [9.17, 15) is 0 Å². The molecule has 0 radical (unpaired) electrons. The van der Waals surface area contributed by atoms with Gasteiger partial charge in [-0.25, -0.2) is 4.98 Å². The topological polar surface area (TPSA) is 32.3 Å². The van der Waals surface area contributed by atoms with Crippen molar-refractivity contribution in [1.29, 1.82) is 0 Å². The van der Waals surface area contributed by atoms with Gasteiger partial charge in [-0.2, -0.15) is 0 Å². The Bertz CT molecular complexity index is 1120. The number of aromatic nitrogens is 2. The van der Waals surface area contributed by atoms with E-state index in [0.29, 0.717) is 0 Å². The van der Waals surface area contributed by atoms with Crippen LogP contribution in [0.5, 0.6) is 0 Å². The lowest BCUT2D eigenvalue weighted by Gasteiger charge is -2.35. The van der Waals surface area contributed by atoms with Gasteiger partial charge in [-0.15, -0.1) is 0 Å². The summed E-state index contributed by atoms with van der Waals surface area (Å²) in [6, 6.07) is 21.2. The SMILES string of the molecule is Cc1cc(N2CCN(Cc3cccc4cccnc34)CC2)nc2ccccc12. The average Bonchev–Trinajstić information content (AvgIpc) is 2.75. The van der Waals surface area contributed by atoms with Crippen molar-refractivity contribution in [2.24, 2.45) is 0 Å². The number of pyridine rings is 2. The van der Waals surface area contributed by atoms with E-state index in [-0.39, 0.29) is 0 Å². The predicted molar refractivity (Wildman–Crippen MR) is 116 cm³/mol. The molecule has 1 aliphatic heterocycles. The number of rotatable bonds is 3. The Morgan fingerprint density at radius 3 is 2.61 bits per heavy atom. The van der Waals surface area contributed by atoms with Crippen LogP contribution in [0.15, 0.2) is 66.9 Å². The Kier molecular flexibility index (Phi) is 4.41. The molecule has 2 aromatic carbocycles. The third kappa shape index (κ3) is 3.20. The first-order chi connectivity index (χ1) is 13.8. The summed E-state index contributed by atoms with van der Waals surface area (Å²) in [7, 11) is 0. The van der Waals surface area contributed by atoms with Crippen LogP contribution in [0.25, 0.3) is 21.8 Å². The van der Waals surface area contributed by atoms with Gasteiger partial charge in [0.15, 0.2) is 0 Å². The van der Waals surface area contributed by atoms with Crippen molar-refractivity contribution in [2.45, 2.75) is 13.5 Å². The number of hydrogen-bond acceptors (Lipinski definition) is 4. The molecule has 4 heteroatoms. The van der Waals surface area contributed by atoms with E-state index >= 15 is 0 Å². The zero-order valence-electron chi connectivity index (χ0n) is 16.2. The van der Waals surface area contributed by atoms with Crippen molar-refractivity contribution in [3.05, 3.63) is 78.0 Å².